The van der Waals surface area contributed by atoms with Crippen molar-refractivity contribution in [1.82, 2.24) is 29.8 Å². The van der Waals surface area contributed by atoms with E-state index in [1.807, 2.05) is 16.7 Å². The first-order chi connectivity index (χ1) is 13.1. The molecule has 11 heteroatoms. The largest absolute Gasteiger partial charge is 0.350 e. The lowest BCUT2D eigenvalue weighted by atomic mass is 10.2. The van der Waals surface area contributed by atoms with Gasteiger partial charge in [-0.25, -0.2) is 18.7 Å². The number of nitriles is 1. The zero-order valence-electron chi connectivity index (χ0n) is 14.4. The summed E-state index contributed by atoms with van der Waals surface area (Å²) in [7, 11) is 0. The molecule has 4 heterocycles. The minimum atomic E-state index is -2.75. The molecule has 0 radical (unpaired) electrons. The molecule has 0 aliphatic carbocycles. The molecule has 1 aliphatic rings. The molecule has 0 N–H and O–H groups in total. The normalized spacial score (nSPS) is 17.5. The zero-order valence-corrected chi connectivity index (χ0v) is 14.4. The van der Waals surface area contributed by atoms with Gasteiger partial charge in [0.1, 0.15) is 11.9 Å². The number of anilines is 2. The number of nitrogens with zero attached hydrogens (tertiary/aromatic N) is 9. The number of halogens is 2. The van der Waals surface area contributed by atoms with Crippen LogP contribution in [0.5, 0.6) is 0 Å². The number of hydrogen-bond acceptors (Lipinski definition) is 8. The summed E-state index contributed by atoms with van der Waals surface area (Å²) in [5, 5.41) is 20.7. The van der Waals surface area contributed by atoms with Crippen LogP contribution in [0.3, 0.4) is 0 Å². The van der Waals surface area contributed by atoms with Gasteiger partial charge in [-0.15, -0.1) is 15.3 Å². The molecule has 3 aromatic heterocycles. The Morgan fingerprint density at radius 2 is 2.00 bits per heavy atom. The topological polar surface area (TPSA) is 99.1 Å². The summed E-state index contributed by atoms with van der Waals surface area (Å²) in [6.45, 7) is 3.78. The highest BCUT2D eigenvalue weighted by Crippen LogP contribution is 2.24. The summed E-state index contributed by atoms with van der Waals surface area (Å²) in [4.78, 5) is 12.3. The van der Waals surface area contributed by atoms with Crippen LogP contribution in [0.1, 0.15) is 24.9 Å². The Kier molecular flexibility index (Phi) is 4.23. The monoisotopic (exact) mass is 371 g/mol. The maximum Gasteiger partial charge on any atom is 0.299 e. The molecule has 0 aromatic carbocycles. The summed E-state index contributed by atoms with van der Waals surface area (Å²) in [6.07, 6.45) is 0.291. The van der Waals surface area contributed by atoms with Gasteiger partial charge in [0.25, 0.3) is 6.43 Å². The highest BCUT2D eigenvalue weighted by atomic mass is 19.3. The summed E-state index contributed by atoms with van der Waals surface area (Å²) in [6, 6.07) is 5.44. The maximum absolute atomic E-state index is 13.1. The van der Waals surface area contributed by atoms with Crippen molar-refractivity contribution in [1.29, 1.82) is 5.26 Å². The Morgan fingerprint density at radius 1 is 1.19 bits per heavy atom. The Morgan fingerprint density at radius 3 is 2.74 bits per heavy atom. The standard InChI is InChI=1S/C16H15F2N9/c1-10-9-25(15-11(8-19)20-4-5-21-15)6-7-26(10)13-3-2-12-22-23-16(14(17)18)27(12)24-13/h2-5,10,14H,6-7,9H2,1H3. The Bertz CT molecular complexity index is 1010. The number of hydrogen-bond donors (Lipinski definition) is 0. The first-order valence-electron chi connectivity index (χ1n) is 8.31. The molecule has 27 heavy (non-hydrogen) atoms. The predicted molar refractivity (Wildman–Crippen MR) is 91.5 cm³/mol. The number of rotatable bonds is 3. The van der Waals surface area contributed by atoms with Crippen molar-refractivity contribution in [3.8, 4) is 6.07 Å². The molecular formula is C16H15F2N9. The third kappa shape index (κ3) is 2.99. The molecule has 4 rings (SSSR count). The highest BCUT2D eigenvalue weighted by molar-refractivity contribution is 5.53. The van der Waals surface area contributed by atoms with Gasteiger partial charge in [-0.05, 0) is 19.1 Å². The second kappa shape index (κ2) is 6.71. The van der Waals surface area contributed by atoms with Crippen molar-refractivity contribution < 1.29 is 8.78 Å². The predicted octanol–water partition coefficient (Wildman–Crippen LogP) is 1.44. The van der Waals surface area contributed by atoms with Crippen LogP contribution in [0.2, 0.25) is 0 Å². The molecule has 138 valence electrons. The Hall–Kier alpha value is -3.42. The maximum atomic E-state index is 13.1. The van der Waals surface area contributed by atoms with Gasteiger partial charge >= 0.3 is 0 Å². The molecule has 0 bridgehead atoms. The van der Waals surface area contributed by atoms with Crippen LogP contribution in [0.25, 0.3) is 5.65 Å². The van der Waals surface area contributed by atoms with E-state index in [2.05, 4.69) is 31.3 Å². The molecule has 0 spiro atoms. The fourth-order valence-electron chi connectivity index (χ4n) is 3.22. The van der Waals surface area contributed by atoms with Gasteiger partial charge in [-0.1, -0.05) is 0 Å². The first-order valence-corrected chi connectivity index (χ1v) is 8.31. The summed E-state index contributed by atoms with van der Waals surface area (Å²) in [5.74, 6) is 0.640. The van der Waals surface area contributed by atoms with Crippen LogP contribution in [0.4, 0.5) is 20.4 Å². The lowest BCUT2D eigenvalue weighted by molar-refractivity contribution is 0.137. The van der Waals surface area contributed by atoms with Crippen molar-refractivity contribution in [2.24, 2.45) is 0 Å². The van der Waals surface area contributed by atoms with Gasteiger partial charge in [-0.2, -0.15) is 9.78 Å². The molecule has 9 nitrogen and oxygen atoms in total. The molecule has 1 aliphatic heterocycles. The number of fused-ring (bicyclic) bond motifs is 1. The van der Waals surface area contributed by atoms with Gasteiger partial charge in [0.05, 0.1) is 0 Å². The average molecular weight is 371 g/mol. The number of aromatic nitrogens is 6. The first kappa shape index (κ1) is 17.0. The van der Waals surface area contributed by atoms with E-state index in [9.17, 15) is 14.0 Å². The lowest BCUT2D eigenvalue weighted by Crippen LogP contribution is -2.53. The van der Waals surface area contributed by atoms with E-state index in [0.29, 0.717) is 31.3 Å². The van der Waals surface area contributed by atoms with E-state index >= 15 is 0 Å². The zero-order chi connectivity index (χ0) is 19.0. The van der Waals surface area contributed by atoms with Crippen LogP contribution in [-0.4, -0.2) is 55.5 Å². The molecule has 0 saturated carbocycles. The quantitative estimate of drug-likeness (QED) is 0.682. The van der Waals surface area contributed by atoms with Crippen molar-refractivity contribution >= 4 is 17.3 Å². The van der Waals surface area contributed by atoms with E-state index in [1.54, 1.807) is 18.3 Å². The van der Waals surface area contributed by atoms with Crippen LogP contribution in [0.15, 0.2) is 24.5 Å². The molecular weight excluding hydrogens is 356 g/mol. The highest BCUT2D eigenvalue weighted by Gasteiger charge is 2.28. The molecule has 3 aromatic rings. The van der Waals surface area contributed by atoms with Crippen molar-refractivity contribution in [2.75, 3.05) is 29.4 Å². The van der Waals surface area contributed by atoms with Crippen LogP contribution in [-0.2, 0) is 0 Å². The molecule has 1 saturated heterocycles. The van der Waals surface area contributed by atoms with Gasteiger partial charge in [0.2, 0.25) is 5.82 Å². The van der Waals surface area contributed by atoms with Crippen molar-refractivity contribution in [3.05, 3.63) is 36.0 Å². The number of alkyl halides is 2. The van der Waals surface area contributed by atoms with E-state index in [1.165, 1.54) is 6.20 Å². The van der Waals surface area contributed by atoms with Gasteiger partial charge in [0.15, 0.2) is 17.2 Å². The van der Waals surface area contributed by atoms with E-state index < -0.39 is 12.2 Å². The summed E-state index contributed by atoms with van der Waals surface area (Å²) < 4.78 is 27.2. The minimum Gasteiger partial charge on any atom is -0.350 e. The van der Waals surface area contributed by atoms with Gasteiger partial charge in [0, 0.05) is 38.1 Å². The summed E-state index contributed by atoms with van der Waals surface area (Å²) >= 11 is 0. The second-order valence-corrected chi connectivity index (χ2v) is 6.15. The second-order valence-electron chi connectivity index (χ2n) is 6.15. The molecule has 1 fully saturated rings. The van der Waals surface area contributed by atoms with Crippen molar-refractivity contribution in [2.45, 2.75) is 19.4 Å². The van der Waals surface area contributed by atoms with E-state index in [-0.39, 0.29) is 17.4 Å². The molecule has 0 amide bonds. The smallest absolute Gasteiger partial charge is 0.299 e. The Labute approximate surface area is 152 Å². The van der Waals surface area contributed by atoms with E-state index in [4.69, 9.17) is 0 Å². The van der Waals surface area contributed by atoms with E-state index in [0.717, 1.165) is 4.52 Å². The molecule has 1 atom stereocenters. The third-order valence-corrected chi connectivity index (χ3v) is 4.47. The fraction of sp³-hybridized carbons (Fsp3) is 0.375. The van der Waals surface area contributed by atoms with Crippen LogP contribution < -0.4 is 9.80 Å². The Balaban J connectivity index is 1.59. The minimum absolute atomic E-state index is 0.0173. The van der Waals surface area contributed by atoms with Crippen molar-refractivity contribution in [3.63, 3.8) is 0 Å². The average Bonchev–Trinajstić information content (AvgIpc) is 3.11. The molecule has 1 unspecified atom stereocenters. The SMILES string of the molecule is CC1CN(c2nccnc2C#N)CCN1c1ccc2nnc(C(F)F)n2n1. The van der Waals surface area contributed by atoms with Gasteiger partial charge < -0.3 is 9.80 Å². The number of piperazine rings is 1. The van der Waals surface area contributed by atoms with Gasteiger partial charge in [-0.3, -0.25) is 0 Å². The third-order valence-electron chi connectivity index (χ3n) is 4.47. The van der Waals surface area contributed by atoms with Crippen LogP contribution >= 0.6 is 0 Å². The lowest BCUT2D eigenvalue weighted by Gasteiger charge is -2.41. The fourth-order valence-corrected chi connectivity index (χ4v) is 3.22. The summed E-state index contributed by atoms with van der Waals surface area (Å²) in [5.41, 5.74) is 0.558. The van der Waals surface area contributed by atoms with Crippen LogP contribution in [0, 0.1) is 11.3 Å².